The van der Waals surface area contributed by atoms with Crippen LogP contribution >= 0.6 is 0 Å². The number of allylic oxidation sites excluding steroid dienone is 4. The van der Waals surface area contributed by atoms with Gasteiger partial charge in [0.2, 0.25) is 0 Å². The second-order valence-electron chi connectivity index (χ2n) is 3.08. The van der Waals surface area contributed by atoms with E-state index >= 15 is 0 Å². The first kappa shape index (κ1) is 10.4. The Bertz CT molecular complexity index is 353. The summed E-state index contributed by atoms with van der Waals surface area (Å²) in [6.07, 6.45) is 11.7. The van der Waals surface area contributed by atoms with Gasteiger partial charge in [-0.25, -0.2) is 4.57 Å². The van der Waals surface area contributed by atoms with Gasteiger partial charge in [-0.05, 0) is 18.1 Å². The molecule has 68 valence electrons. The summed E-state index contributed by atoms with van der Waals surface area (Å²) < 4.78 is 2.08. The predicted molar refractivity (Wildman–Crippen MR) is 49.4 cm³/mol. The molecule has 0 radical (unpaired) electrons. The number of hydrogen-bond acceptors (Lipinski definition) is 0. The van der Waals surface area contributed by atoms with Gasteiger partial charge in [0.05, 0.1) is 0 Å². The van der Waals surface area contributed by atoms with Crippen LogP contribution in [0.15, 0.2) is 42.8 Å². The third kappa shape index (κ3) is 2.40. The van der Waals surface area contributed by atoms with Gasteiger partial charge >= 0.3 is 0 Å². The lowest BCUT2D eigenvalue weighted by molar-refractivity contribution is -0.671. The predicted octanol–water partition coefficient (Wildman–Crippen LogP) is -1.14. The minimum Gasteiger partial charge on any atom is -1.00 e. The zero-order valence-electron chi connectivity index (χ0n) is 7.57. The largest absolute Gasteiger partial charge is 1.00 e. The van der Waals surface area contributed by atoms with E-state index < -0.39 is 0 Å². The fourth-order valence-corrected chi connectivity index (χ4v) is 1.44. The quantitative estimate of drug-likeness (QED) is 0.454. The van der Waals surface area contributed by atoms with Crippen molar-refractivity contribution >= 4 is 5.57 Å². The van der Waals surface area contributed by atoms with Gasteiger partial charge in [-0.3, -0.25) is 0 Å². The first-order valence-corrected chi connectivity index (χ1v) is 4.17. The van der Waals surface area contributed by atoms with E-state index in [0.29, 0.717) is 0 Å². The number of hydrogen-bond donors (Lipinski definition) is 0. The monoisotopic (exact) mass is 285 g/mol. The van der Waals surface area contributed by atoms with Gasteiger partial charge in [-0.1, -0.05) is 18.2 Å². The Kier molecular flexibility index (Phi) is 3.66. The number of aryl methyl sites for hydroxylation is 1. The van der Waals surface area contributed by atoms with Gasteiger partial charge < -0.3 is 24.0 Å². The third-order valence-electron chi connectivity index (χ3n) is 2.08. The lowest BCUT2D eigenvalue weighted by Crippen LogP contribution is -3.00. The van der Waals surface area contributed by atoms with Gasteiger partial charge in [0, 0.05) is 11.6 Å². The molecule has 0 saturated carbocycles. The number of rotatable bonds is 1. The molecule has 0 aromatic carbocycles. The molecule has 0 bridgehead atoms. The van der Waals surface area contributed by atoms with Crippen molar-refractivity contribution in [2.45, 2.75) is 6.42 Å². The molecule has 1 nitrogen and oxygen atoms in total. The first-order valence-electron chi connectivity index (χ1n) is 4.17. The molecule has 1 aromatic rings. The first-order chi connectivity index (χ1) is 5.86. The van der Waals surface area contributed by atoms with E-state index in [1.807, 2.05) is 13.2 Å². The van der Waals surface area contributed by atoms with Crippen molar-refractivity contribution in [3.05, 3.63) is 48.3 Å². The van der Waals surface area contributed by atoms with Gasteiger partial charge in [-0.2, -0.15) is 0 Å². The SMILES string of the molecule is C[n+]1cccc(C2=CC=CC2)c1.[I-]. The van der Waals surface area contributed by atoms with Crippen LogP contribution in [0.2, 0.25) is 0 Å². The molecule has 0 unspecified atom stereocenters. The smallest absolute Gasteiger partial charge is 0.176 e. The highest BCUT2D eigenvalue weighted by atomic mass is 127. The van der Waals surface area contributed by atoms with Crippen molar-refractivity contribution in [2.24, 2.45) is 7.05 Å². The Morgan fingerprint density at radius 1 is 1.38 bits per heavy atom. The van der Waals surface area contributed by atoms with Crippen molar-refractivity contribution in [1.82, 2.24) is 0 Å². The van der Waals surface area contributed by atoms with Crippen LogP contribution in [0.3, 0.4) is 0 Å². The zero-order chi connectivity index (χ0) is 8.39. The Morgan fingerprint density at radius 2 is 2.23 bits per heavy atom. The molecule has 13 heavy (non-hydrogen) atoms. The van der Waals surface area contributed by atoms with E-state index in [4.69, 9.17) is 0 Å². The van der Waals surface area contributed by atoms with E-state index in [-0.39, 0.29) is 24.0 Å². The molecule has 2 heteroatoms. The van der Waals surface area contributed by atoms with Crippen molar-refractivity contribution in [3.63, 3.8) is 0 Å². The maximum Gasteiger partial charge on any atom is 0.176 e. The maximum atomic E-state index is 2.18. The topological polar surface area (TPSA) is 3.88 Å². The number of aromatic nitrogens is 1. The molecular formula is C11H12IN. The molecule has 0 saturated heterocycles. The maximum absolute atomic E-state index is 2.18. The standard InChI is InChI=1S/C11H12N.HI/c1-12-8-4-7-11(9-12)10-5-2-3-6-10;/h2-5,7-9H,6H2,1H3;1H/q+1;/p-1. The molecule has 1 aromatic heterocycles. The lowest BCUT2D eigenvalue weighted by Gasteiger charge is -1.98. The second kappa shape index (κ2) is 4.56. The highest BCUT2D eigenvalue weighted by Gasteiger charge is 2.05. The molecule has 2 rings (SSSR count). The van der Waals surface area contributed by atoms with Crippen LogP contribution in [-0.2, 0) is 7.05 Å². The Morgan fingerprint density at radius 3 is 2.85 bits per heavy atom. The average molecular weight is 285 g/mol. The number of halogens is 1. The van der Waals surface area contributed by atoms with Gasteiger partial charge in [0.1, 0.15) is 7.05 Å². The van der Waals surface area contributed by atoms with E-state index in [0.717, 1.165) is 6.42 Å². The highest BCUT2D eigenvalue weighted by molar-refractivity contribution is 5.69. The van der Waals surface area contributed by atoms with Gasteiger partial charge in [-0.15, -0.1) is 0 Å². The summed E-state index contributed by atoms with van der Waals surface area (Å²) in [4.78, 5) is 0. The summed E-state index contributed by atoms with van der Waals surface area (Å²) in [6, 6.07) is 4.23. The second-order valence-corrected chi connectivity index (χ2v) is 3.08. The van der Waals surface area contributed by atoms with Crippen LogP contribution in [0, 0.1) is 0 Å². The van der Waals surface area contributed by atoms with Gasteiger partial charge in [0.15, 0.2) is 12.4 Å². The lowest BCUT2D eigenvalue weighted by atomic mass is 10.1. The molecule has 1 heterocycles. The van der Waals surface area contributed by atoms with E-state index in [9.17, 15) is 0 Å². The molecule has 0 atom stereocenters. The minimum absolute atomic E-state index is 0. The van der Waals surface area contributed by atoms with Crippen LogP contribution in [0.5, 0.6) is 0 Å². The molecule has 0 fully saturated rings. The van der Waals surface area contributed by atoms with Crippen LogP contribution in [-0.4, -0.2) is 0 Å². The fourth-order valence-electron chi connectivity index (χ4n) is 1.44. The van der Waals surface area contributed by atoms with Gasteiger partial charge in [0.25, 0.3) is 0 Å². The molecule has 1 aliphatic carbocycles. The number of nitrogens with zero attached hydrogens (tertiary/aromatic N) is 1. The molecular weight excluding hydrogens is 273 g/mol. The summed E-state index contributed by atoms with van der Waals surface area (Å²) in [7, 11) is 2.05. The molecule has 0 N–H and O–H groups in total. The van der Waals surface area contributed by atoms with E-state index in [1.165, 1.54) is 11.1 Å². The Hall–Kier alpha value is -0.640. The fraction of sp³-hybridized carbons (Fsp3) is 0.182. The molecule has 0 aliphatic heterocycles. The summed E-state index contributed by atoms with van der Waals surface area (Å²) in [5.41, 5.74) is 2.73. The summed E-state index contributed by atoms with van der Waals surface area (Å²) in [5, 5.41) is 0. The van der Waals surface area contributed by atoms with E-state index in [2.05, 4.69) is 41.1 Å². The van der Waals surface area contributed by atoms with Crippen molar-refractivity contribution in [1.29, 1.82) is 0 Å². The molecule has 0 spiro atoms. The minimum atomic E-state index is 0. The van der Waals surface area contributed by atoms with Crippen molar-refractivity contribution in [2.75, 3.05) is 0 Å². The number of pyridine rings is 1. The molecule has 0 amide bonds. The van der Waals surface area contributed by atoms with Crippen LogP contribution in [0.4, 0.5) is 0 Å². The van der Waals surface area contributed by atoms with Crippen LogP contribution in [0.25, 0.3) is 5.57 Å². The van der Waals surface area contributed by atoms with Crippen molar-refractivity contribution in [3.8, 4) is 0 Å². The highest BCUT2D eigenvalue weighted by Crippen LogP contribution is 2.21. The van der Waals surface area contributed by atoms with Crippen LogP contribution < -0.4 is 28.5 Å². The Balaban J connectivity index is 0.000000845. The average Bonchev–Trinajstić information content (AvgIpc) is 2.56. The summed E-state index contributed by atoms with van der Waals surface area (Å²) in [5.74, 6) is 0. The molecule has 1 aliphatic rings. The zero-order valence-corrected chi connectivity index (χ0v) is 9.73. The van der Waals surface area contributed by atoms with E-state index in [1.54, 1.807) is 0 Å². The summed E-state index contributed by atoms with van der Waals surface area (Å²) >= 11 is 0. The summed E-state index contributed by atoms with van der Waals surface area (Å²) in [6.45, 7) is 0. The van der Waals surface area contributed by atoms with Crippen molar-refractivity contribution < 1.29 is 28.5 Å². The Labute approximate surface area is 95.8 Å². The normalized spacial score (nSPS) is 13.8. The third-order valence-corrected chi connectivity index (χ3v) is 2.08. The van der Waals surface area contributed by atoms with Crippen LogP contribution in [0.1, 0.15) is 12.0 Å².